The molecule has 0 unspecified atom stereocenters. The number of hydrogen-bond acceptors (Lipinski definition) is 7. The number of rotatable bonds is 4. The van der Waals surface area contributed by atoms with Crippen molar-refractivity contribution in [1.29, 1.82) is 0 Å². The van der Waals surface area contributed by atoms with Crippen molar-refractivity contribution in [2.24, 2.45) is 5.10 Å². The third-order valence-electron chi connectivity index (χ3n) is 5.76. The summed E-state index contributed by atoms with van der Waals surface area (Å²) in [6.07, 6.45) is -0.0551. The standard InChI is InChI=1S/C24H21ClN2O5/c1-30-21-5-3-4-15-18-12-17(16-11-14(25)7-9-19(16)28)26-27(18)24(32-23(15)21)13-6-8-20(29)22(10-13)31-2/h3-11,18,24,28-29H,12H2,1-2H3/t18-,24+/m0/s1. The van der Waals surface area contributed by atoms with Gasteiger partial charge in [-0.1, -0.05) is 23.7 Å². The van der Waals surface area contributed by atoms with Crippen LogP contribution in [0.1, 0.15) is 35.4 Å². The van der Waals surface area contributed by atoms with E-state index in [0.29, 0.717) is 40.0 Å². The van der Waals surface area contributed by atoms with Crippen LogP contribution in [0.5, 0.6) is 28.7 Å². The number of fused-ring (bicyclic) bond motifs is 3. The quantitative estimate of drug-likeness (QED) is 0.579. The Morgan fingerprint density at radius 3 is 2.56 bits per heavy atom. The minimum atomic E-state index is -0.600. The van der Waals surface area contributed by atoms with Crippen molar-refractivity contribution < 1.29 is 24.4 Å². The number of benzene rings is 3. The number of hydrogen-bond donors (Lipinski definition) is 2. The van der Waals surface area contributed by atoms with Gasteiger partial charge in [0, 0.05) is 28.1 Å². The van der Waals surface area contributed by atoms with Gasteiger partial charge in [-0.25, -0.2) is 5.01 Å². The number of phenols is 2. The van der Waals surface area contributed by atoms with Gasteiger partial charge in [-0.3, -0.25) is 0 Å². The Labute approximate surface area is 190 Å². The first kappa shape index (κ1) is 20.3. The molecule has 2 aliphatic heterocycles. The highest BCUT2D eigenvalue weighted by Gasteiger charge is 2.42. The number of ether oxygens (including phenoxy) is 3. The Bertz CT molecular complexity index is 1230. The van der Waals surface area contributed by atoms with E-state index in [2.05, 4.69) is 0 Å². The van der Waals surface area contributed by atoms with E-state index in [1.807, 2.05) is 23.2 Å². The van der Waals surface area contributed by atoms with Gasteiger partial charge in [0.15, 0.2) is 23.0 Å². The molecular weight excluding hydrogens is 432 g/mol. The number of methoxy groups -OCH3 is 2. The number of nitrogens with zero attached hydrogens (tertiary/aromatic N) is 2. The van der Waals surface area contributed by atoms with Crippen molar-refractivity contribution in [2.45, 2.75) is 18.7 Å². The van der Waals surface area contributed by atoms with Gasteiger partial charge in [0.25, 0.3) is 0 Å². The molecule has 3 aromatic rings. The van der Waals surface area contributed by atoms with Crippen molar-refractivity contribution in [3.05, 3.63) is 76.3 Å². The number of halogens is 1. The van der Waals surface area contributed by atoms with Gasteiger partial charge in [-0.15, -0.1) is 0 Å². The summed E-state index contributed by atoms with van der Waals surface area (Å²) in [5.41, 5.74) is 2.97. The van der Waals surface area contributed by atoms with E-state index in [1.54, 1.807) is 43.5 Å². The van der Waals surface area contributed by atoms with Gasteiger partial charge in [-0.2, -0.15) is 5.10 Å². The van der Waals surface area contributed by atoms with Gasteiger partial charge in [-0.05, 0) is 42.5 Å². The Balaban J connectivity index is 1.65. The fourth-order valence-electron chi connectivity index (χ4n) is 4.21. The highest BCUT2D eigenvalue weighted by Crippen LogP contribution is 2.51. The molecule has 2 heterocycles. The zero-order valence-electron chi connectivity index (χ0n) is 17.4. The topological polar surface area (TPSA) is 83.8 Å². The van der Waals surface area contributed by atoms with Gasteiger partial charge in [0.1, 0.15) is 5.75 Å². The summed E-state index contributed by atoms with van der Waals surface area (Å²) < 4.78 is 17.2. The first-order valence-electron chi connectivity index (χ1n) is 10.1. The summed E-state index contributed by atoms with van der Waals surface area (Å²) in [5.74, 6) is 1.75. The minimum Gasteiger partial charge on any atom is -0.507 e. The van der Waals surface area contributed by atoms with Crippen LogP contribution in [0.25, 0.3) is 0 Å². The highest BCUT2D eigenvalue weighted by atomic mass is 35.5. The van der Waals surface area contributed by atoms with E-state index < -0.39 is 6.23 Å². The molecule has 7 nitrogen and oxygen atoms in total. The normalized spacial score (nSPS) is 19.0. The fourth-order valence-corrected chi connectivity index (χ4v) is 4.39. The van der Waals surface area contributed by atoms with Crippen LogP contribution in [-0.4, -0.2) is 35.2 Å². The third-order valence-corrected chi connectivity index (χ3v) is 5.99. The maximum absolute atomic E-state index is 10.4. The zero-order chi connectivity index (χ0) is 22.4. The maximum atomic E-state index is 10.4. The molecule has 0 fully saturated rings. The third kappa shape index (κ3) is 3.26. The largest absolute Gasteiger partial charge is 0.507 e. The molecule has 2 N–H and O–H groups in total. The summed E-state index contributed by atoms with van der Waals surface area (Å²) in [7, 11) is 3.10. The molecule has 164 valence electrons. The summed E-state index contributed by atoms with van der Waals surface area (Å²) in [6, 6.07) is 15.6. The number of para-hydroxylation sites is 1. The lowest BCUT2D eigenvalue weighted by molar-refractivity contribution is -0.0210. The number of aromatic hydroxyl groups is 2. The molecule has 0 saturated heterocycles. The predicted octanol–water partition coefficient (Wildman–Crippen LogP) is 5.01. The number of phenolic OH excluding ortho intramolecular Hbond substituents is 2. The lowest BCUT2D eigenvalue weighted by atomic mass is 9.95. The van der Waals surface area contributed by atoms with E-state index in [0.717, 1.165) is 11.1 Å². The molecule has 0 aromatic heterocycles. The summed E-state index contributed by atoms with van der Waals surface area (Å²) >= 11 is 6.18. The lowest BCUT2D eigenvalue weighted by Crippen LogP contribution is -2.33. The first-order valence-corrected chi connectivity index (χ1v) is 10.4. The minimum absolute atomic E-state index is 0.0380. The monoisotopic (exact) mass is 452 g/mol. The second-order valence-electron chi connectivity index (χ2n) is 7.59. The Morgan fingerprint density at radius 2 is 1.78 bits per heavy atom. The van der Waals surface area contributed by atoms with Gasteiger partial charge < -0.3 is 24.4 Å². The van der Waals surface area contributed by atoms with E-state index >= 15 is 0 Å². The molecule has 0 radical (unpaired) electrons. The molecule has 0 spiro atoms. The number of hydrazone groups is 1. The SMILES string of the molecule is COc1cc([C@H]2Oc3c(OC)cccc3[C@@H]3CC(c4cc(Cl)ccc4O)=NN23)ccc1O. The van der Waals surface area contributed by atoms with Crippen LogP contribution in [0, 0.1) is 0 Å². The van der Waals surface area contributed by atoms with Crippen molar-refractivity contribution >= 4 is 17.3 Å². The molecule has 0 saturated carbocycles. The summed E-state index contributed by atoms with van der Waals surface area (Å²) in [4.78, 5) is 0. The first-order chi connectivity index (χ1) is 15.5. The fraction of sp³-hybridized carbons (Fsp3) is 0.208. The van der Waals surface area contributed by atoms with Crippen LogP contribution in [0.4, 0.5) is 0 Å². The van der Waals surface area contributed by atoms with Crippen molar-refractivity contribution in [3.8, 4) is 28.7 Å². The molecule has 0 bridgehead atoms. The van der Waals surface area contributed by atoms with Crippen LogP contribution in [0.15, 0.2) is 59.7 Å². The summed E-state index contributed by atoms with van der Waals surface area (Å²) in [5, 5.41) is 27.7. The smallest absolute Gasteiger partial charge is 0.214 e. The van der Waals surface area contributed by atoms with Crippen molar-refractivity contribution in [3.63, 3.8) is 0 Å². The Morgan fingerprint density at radius 1 is 1.00 bits per heavy atom. The van der Waals surface area contributed by atoms with E-state index in [-0.39, 0.29) is 17.5 Å². The highest BCUT2D eigenvalue weighted by molar-refractivity contribution is 6.31. The zero-order valence-corrected chi connectivity index (χ0v) is 18.2. The molecule has 5 rings (SSSR count). The maximum Gasteiger partial charge on any atom is 0.214 e. The predicted molar refractivity (Wildman–Crippen MR) is 120 cm³/mol. The van der Waals surface area contributed by atoms with Crippen LogP contribution in [0.3, 0.4) is 0 Å². The molecule has 32 heavy (non-hydrogen) atoms. The molecular formula is C24H21ClN2O5. The van der Waals surface area contributed by atoms with Gasteiger partial charge in [0.2, 0.25) is 6.23 Å². The van der Waals surface area contributed by atoms with Gasteiger partial charge in [0.05, 0.1) is 26.0 Å². The van der Waals surface area contributed by atoms with E-state index in [4.69, 9.17) is 30.9 Å². The molecule has 3 aromatic carbocycles. The second-order valence-corrected chi connectivity index (χ2v) is 8.02. The molecule has 2 atom stereocenters. The van der Waals surface area contributed by atoms with Crippen molar-refractivity contribution in [1.82, 2.24) is 5.01 Å². The molecule has 0 aliphatic carbocycles. The van der Waals surface area contributed by atoms with Crippen LogP contribution in [0.2, 0.25) is 5.02 Å². The lowest BCUT2D eigenvalue weighted by Gasteiger charge is -2.38. The van der Waals surface area contributed by atoms with E-state index in [9.17, 15) is 10.2 Å². The Kier molecular flexibility index (Phi) is 4.98. The average Bonchev–Trinajstić information content (AvgIpc) is 3.25. The summed E-state index contributed by atoms with van der Waals surface area (Å²) in [6.45, 7) is 0. The Hall–Kier alpha value is -3.58. The van der Waals surface area contributed by atoms with Crippen LogP contribution < -0.4 is 14.2 Å². The van der Waals surface area contributed by atoms with Crippen LogP contribution >= 0.6 is 11.6 Å². The van der Waals surface area contributed by atoms with Crippen molar-refractivity contribution in [2.75, 3.05) is 14.2 Å². The molecule has 2 aliphatic rings. The molecule has 0 amide bonds. The van der Waals surface area contributed by atoms with Crippen LogP contribution in [-0.2, 0) is 0 Å². The molecule has 8 heteroatoms. The van der Waals surface area contributed by atoms with Gasteiger partial charge >= 0.3 is 0 Å². The van der Waals surface area contributed by atoms with E-state index in [1.165, 1.54) is 7.11 Å². The average molecular weight is 453 g/mol. The second kappa shape index (κ2) is 7.84.